The molecule has 1 N–H and O–H groups in total. The van der Waals surface area contributed by atoms with Crippen molar-refractivity contribution in [1.29, 1.82) is 0 Å². The van der Waals surface area contributed by atoms with Crippen LogP contribution in [0.2, 0.25) is 0 Å². The number of hydrogen-bond donors (Lipinski definition) is 1. The van der Waals surface area contributed by atoms with E-state index in [1.807, 2.05) is 37.3 Å². The Labute approximate surface area is 226 Å². The van der Waals surface area contributed by atoms with E-state index in [0.717, 1.165) is 26.0 Å². The molecule has 0 aliphatic carbocycles. The summed E-state index contributed by atoms with van der Waals surface area (Å²) in [5.74, 6) is -1.57. The first-order chi connectivity index (χ1) is 18.4. The number of amides is 1. The molecule has 1 aliphatic rings. The molecule has 0 spiro atoms. The van der Waals surface area contributed by atoms with Crippen LogP contribution in [0, 0.1) is 12.8 Å². The first-order valence-corrected chi connectivity index (χ1v) is 13.6. The Morgan fingerprint density at radius 2 is 1.74 bits per heavy atom. The summed E-state index contributed by atoms with van der Waals surface area (Å²) >= 11 is 0.864. The standard InChI is InChI=1S/C27H30F3N3O5S/c1-16(19-6-4-3-5-7-19)15-33-23(36)21-17(2)22(24(37)31-11-8-18(9-12-31)14-20(34)35)39-25(21)32(26(33)38)13-10-27(28,29)30/h3-7,16,18H,8-15H2,1-2H3,(H,34,35). The van der Waals surface area contributed by atoms with Crippen molar-refractivity contribution in [2.75, 3.05) is 13.1 Å². The minimum absolute atomic E-state index is 0.0242. The number of piperidine rings is 1. The van der Waals surface area contributed by atoms with Gasteiger partial charge < -0.3 is 10.0 Å². The van der Waals surface area contributed by atoms with Crippen LogP contribution in [0.4, 0.5) is 13.2 Å². The van der Waals surface area contributed by atoms with Gasteiger partial charge >= 0.3 is 17.8 Å². The number of benzene rings is 1. The van der Waals surface area contributed by atoms with Crippen LogP contribution in [0.1, 0.15) is 59.3 Å². The van der Waals surface area contributed by atoms with Gasteiger partial charge in [-0.05, 0) is 42.7 Å². The molecule has 0 bridgehead atoms. The van der Waals surface area contributed by atoms with Crippen LogP contribution in [0.3, 0.4) is 0 Å². The van der Waals surface area contributed by atoms with Gasteiger partial charge in [0.2, 0.25) is 0 Å². The number of carbonyl (C=O) groups excluding carboxylic acids is 1. The summed E-state index contributed by atoms with van der Waals surface area (Å²) in [7, 11) is 0. The molecule has 1 aliphatic heterocycles. The molecule has 3 heterocycles. The second-order valence-electron chi connectivity index (χ2n) is 10.1. The predicted molar refractivity (Wildman–Crippen MR) is 141 cm³/mol. The van der Waals surface area contributed by atoms with Crippen molar-refractivity contribution in [1.82, 2.24) is 14.0 Å². The number of thiophene rings is 1. The van der Waals surface area contributed by atoms with E-state index in [0.29, 0.717) is 31.5 Å². The lowest BCUT2D eigenvalue weighted by Crippen LogP contribution is -2.41. The Balaban J connectivity index is 1.75. The zero-order chi connectivity index (χ0) is 28.5. The topological polar surface area (TPSA) is 102 Å². The van der Waals surface area contributed by atoms with Gasteiger partial charge in [0.15, 0.2) is 0 Å². The number of aliphatic carboxylic acids is 1. The van der Waals surface area contributed by atoms with Gasteiger partial charge in [0.05, 0.1) is 16.7 Å². The molecule has 1 fully saturated rings. The van der Waals surface area contributed by atoms with Crippen LogP contribution in [0.5, 0.6) is 0 Å². The van der Waals surface area contributed by atoms with Gasteiger partial charge in [0.25, 0.3) is 11.5 Å². The third-order valence-electron chi connectivity index (χ3n) is 7.30. The molecule has 4 rings (SSSR count). The van der Waals surface area contributed by atoms with Crippen molar-refractivity contribution >= 4 is 33.4 Å². The first-order valence-electron chi connectivity index (χ1n) is 12.8. The maximum Gasteiger partial charge on any atom is 0.390 e. The maximum absolute atomic E-state index is 13.6. The number of carboxylic acids is 1. The molecule has 3 aromatic rings. The fraction of sp³-hybridized carbons (Fsp3) is 0.481. The fourth-order valence-corrected chi connectivity index (χ4v) is 6.37. The molecule has 0 saturated carbocycles. The van der Waals surface area contributed by atoms with E-state index in [1.165, 1.54) is 0 Å². The van der Waals surface area contributed by atoms with Crippen LogP contribution in [0.15, 0.2) is 39.9 Å². The van der Waals surface area contributed by atoms with Crippen molar-refractivity contribution in [2.45, 2.75) is 64.7 Å². The maximum atomic E-state index is 13.6. The van der Waals surface area contributed by atoms with Crippen LogP contribution >= 0.6 is 11.3 Å². The largest absolute Gasteiger partial charge is 0.481 e. The number of likely N-dealkylation sites (tertiary alicyclic amines) is 1. The van der Waals surface area contributed by atoms with Crippen LogP contribution in [0.25, 0.3) is 10.2 Å². The van der Waals surface area contributed by atoms with Gasteiger partial charge in [-0.15, -0.1) is 11.3 Å². The molecular formula is C27H30F3N3O5S. The number of alkyl halides is 3. The minimum atomic E-state index is -4.52. The third kappa shape index (κ3) is 6.26. The summed E-state index contributed by atoms with van der Waals surface area (Å²) in [5.41, 5.74) is -0.266. The van der Waals surface area contributed by atoms with Crippen LogP contribution in [-0.4, -0.2) is 50.3 Å². The summed E-state index contributed by atoms with van der Waals surface area (Å²) in [6.07, 6.45) is -4.72. The zero-order valence-corrected chi connectivity index (χ0v) is 22.5. The summed E-state index contributed by atoms with van der Waals surface area (Å²) < 4.78 is 41.5. The van der Waals surface area contributed by atoms with Gasteiger partial charge in [0.1, 0.15) is 4.83 Å². The SMILES string of the molecule is Cc1c(C(=O)N2CCC(CC(=O)O)CC2)sc2c1c(=O)n(CC(C)c1ccccc1)c(=O)n2CCC(F)(F)F. The molecule has 1 unspecified atom stereocenters. The Morgan fingerprint density at radius 1 is 1.10 bits per heavy atom. The Bertz CT molecular complexity index is 1480. The molecule has 1 amide bonds. The normalized spacial score (nSPS) is 15.6. The molecule has 0 radical (unpaired) electrons. The Hall–Kier alpha value is -3.41. The van der Waals surface area contributed by atoms with Crippen molar-refractivity contribution in [3.8, 4) is 0 Å². The number of carboxylic acid groups (broad SMARTS) is 1. The number of halogens is 3. The smallest absolute Gasteiger partial charge is 0.390 e. The molecule has 210 valence electrons. The Morgan fingerprint density at radius 3 is 2.33 bits per heavy atom. The average molecular weight is 566 g/mol. The molecule has 1 atom stereocenters. The van der Waals surface area contributed by atoms with Crippen LogP contribution < -0.4 is 11.2 Å². The molecular weight excluding hydrogens is 535 g/mol. The van der Waals surface area contributed by atoms with E-state index in [9.17, 15) is 32.3 Å². The van der Waals surface area contributed by atoms with Gasteiger partial charge in [0, 0.05) is 32.6 Å². The highest BCUT2D eigenvalue weighted by atomic mass is 32.1. The van der Waals surface area contributed by atoms with Gasteiger partial charge in [-0.2, -0.15) is 13.2 Å². The van der Waals surface area contributed by atoms with E-state index >= 15 is 0 Å². The number of hydrogen-bond acceptors (Lipinski definition) is 5. The monoisotopic (exact) mass is 565 g/mol. The fourth-order valence-electron chi connectivity index (χ4n) is 5.09. The summed E-state index contributed by atoms with van der Waals surface area (Å²) in [5, 5.41) is 9.11. The second kappa shape index (κ2) is 11.4. The number of rotatable bonds is 8. The second-order valence-corrected chi connectivity index (χ2v) is 11.1. The molecule has 8 nitrogen and oxygen atoms in total. The number of nitrogens with zero attached hydrogens (tertiary/aromatic N) is 3. The lowest BCUT2D eigenvalue weighted by atomic mass is 9.93. The van der Waals surface area contributed by atoms with E-state index in [1.54, 1.807) is 11.8 Å². The number of fused-ring (bicyclic) bond motifs is 1. The zero-order valence-electron chi connectivity index (χ0n) is 21.7. The lowest BCUT2D eigenvalue weighted by molar-refractivity contribution is -0.138. The quantitative estimate of drug-likeness (QED) is 0.430. The van der Waals surface area contributed by atoms with Gasteiger partial charge in [-0.3, -0.25) is 23.5 Å². The highest BCUT2D eigenvalue weighted by molar-refractivity contribution is 7.20. The highest BCUT2D eigenvalue weighted by Crippen LogP contribution is 2.32. The van der Waals surface area contributed by atoms with Crippen molar-refractivity contribution in [3.05, 3.63) is 67.2 Å². The van der Waals surface area contributed by atoms with E-state index in [2.05, 4.69) is 0 Å². The van der Waals surface area contributed by atoms with Crippen molar-refractivity contribution < 1.29 is 27.9 Å². The minimum Gasteiger partial charge on any atom is -0.481 e. The number of aromatic nitrogens is 2. The van der Waals surface area contributed by atoms with E-state index in [4.69, 9.17) is 5.11 Å². The van der Waals surface area contributed by atoms with Gasteiger partial charge in [-0.1, -0.05) is 37.3 Å². The van der Waals surface area contributed by atoms with Gasteiger partial charge in [-0.25, -0.2) is 4.79 Å². The predicted octanol–water partition coefficient (Wildman–Crippen LogP) is 4.62. The summed E-state index contributed by atoms with van der Waals surface area (Å²) in [6, 6.07) is 9.18. The summed E-state index contributed by atoms with van der Waals surface area (Å²) in [6.45, 7) is 3.38. The number of aryl methyl sites for hydroxylation is 2. The molecule has 12 heteroatoms. The van der Waals surface area contributed by atoms with E-state index < -0.39 is 36.4 Å². The summed E-state index contributed by atoms with van der Waals surface area (Å²) in [4.78, 5) is 53.3. The Kier molecular flexibility index (Phi) is 8.34. The average Bonchev–Trinajstić information content (AvgIpc) is 3.22. The third-order valence-corrected chi connectivity index (χ3v) is 8.60. The van der Waals surface area contributed by atoms with Crippen molar-refractivity contribution in [3.63, 3.8) is 0 Å². The molecule has 1 saturated heterocycles. The highest BCUT2D eigenvalue weighted by Gasteiger charge is 2.31. The lowest BCUT2D eigenvalue weighted by Gasteiger charge is -2.31. The molecule has 39 heavy (non-hydrogen) atoms. The van der Waals surface area contributed by atoms with Crippen molar-refractivity contribution in [2.24, 2.45) is 5.92 Å². The van der Waals surface area contributed by atoms with Crippen LogP contribution in [-0.2, 0) is 17.9 Å². The van der Waals surface area contributed by atoms with E-state index in [-0.39, 0.29) is 45.8 Å². The molecule has 2 aromatic heterocycles. The first kappa shape index (κ1) is 28.6. The number of carbonyl (C=O) groups is 2. The molecule has 1 aromatic carbocycles.